The van der Waals surface area contributed by atoms with Gasteiger partial charge in [0.05, 0.1) is 6.26 Å². The van der Waals surface area contributed by atoms with Gasteiger partial charge in [-0.3, -0.25) is 9.78 Å². The van der Waals surface area contributed by atoms with E-state index in [1.54, 1.807) is 17.6 Å². The number of aromatic nitrogens is 1. The molecule has 0 saturated heterocycles. The summed E-state index contributed by atoms with van der Waals surface area (Å²) in [6, 6.07) is 14.1. The first-order valence-corrected chi connectivity index (χ1v) is 17.7. The van der Waals surface area contributed by atoms with E-state index in [9.17, 15) is 9.90 Å². The Morgan fingerprint density at radius 1 is 0.938 bits per heavy atom. The van der Waals surface area contributed by atoms with E-state index >= 15 is 0 Å². The van der Waals surface area contributed by atoms with E-state index in [0.29, 0.717) is 0 Å². The summed E-state index contributed by atoms with van der Waals surface area (Å²) in [5.74, 6) is 0.286. The van der Waals surface area contributed by atoms with Crippen LogP contribution in [0.4, 0.5) is 0 Å². The van der Waals surface area contributed by atoms with Gasteiger partial charge in [0, 0.05) is 65.1 Å². The molecular weight excluding hydrogens is 795 g/mol. The molecule has 257 valence electrons. The molecule has 1 N–H and O–H groups in total. The van der Waals surface area contributed by atoms with Crippen LogP contribution in [0.25, 0.3) is 54.3 Å². The largest absolute Gasteiger partial charge is 0.512 e. The minimum Gasteiger partial charge on any atom is -0.512 e. The number of allylic oxidation sites excluding steroid dienone is 2. The summed E-state index contributed by atoms with van der Waals surface area (Å²) in [6.45, 7) is 20.9. The van der Waals surface area contributed by atoms with E-state index in [1.807, 2.05) is 60.7 Å². The van der Waals surface area contributed by atoms with Crippen LogP contribution in [-0.2, 0) is 30.3 Å². The molecule has 0 bridgehead atoms. The number of pyridine rings is 1. The summed E-state index contributed by atoms with van der Waals surface area (Å²) in [4.78, 5) is 17.0. The van der Waals surface area contributed by atoms with Crippen LogP contribution >= 0.6 is 11.3 Å². The van der Waals surface area contributed by atoms with Crippen LogP contribution in [0, 0.1) is 23.8 Å². The van der Waals surface area contributed by atoms with Crippen molar-refractivity contribution < 1.29 is 38.8 Å². The number of nitrogens with zero attached hydrogens (tertiary/aromatic N) is 1. The third-order valence-electron chi connectivity index (χ3n) is 10.4. The van der Waals surface area contributed by atoms with Gasteiger partial charge in [-0.05, 0) is 65.8 Å². The van der Waals surface area contributed by atoms with Crippen molar-refractivity contribution in [3.05, 3.63) is 77.2 Å². The number of furan rings is 2. The van der Waals surface area contributed by atoms with Crippen molar-refractivity contribution in [2.45, 2.75) is 100 Å². The Labute approximate surface area is 302 Å². The van der Waals surface area contributed by atoms with Gasteiger partial charge in [-0.1, -0.05) is 79.5 Å². The van der Waals surface area contributed by atoms with Crippen molar-refractivity contribution >= 4 is 60.1 Å². The van der Waals surface area contributed by atoms with E-state index in [0.717, 1.165) is 80.8 Å². The maximum Gasteiger partial charge on any atom is 0.177 e. The average molecular weight is 843 g/mol. The normalized spacial score (nSPS) is 12.8. The van der Waals surface area contributed by atoms with Gasteiger partial charge in [0.15, 0.2) is 16.9 Å². The van der Waals surface area contributed by atoms with Crippen molar-refractivity contribution in [3.8, 4) is 11.3 Å². The number of fused-ring (bicyclic) bond motifs is 6. The first kappa shape index (κ1) is 37.6. The molecule has 0 aliphatic rings. The fourth-order valence-corrected chi connectivity index (χ4v) is 7.06. The summed E-state index contributed by atoms with van der Waals surface area (Å²) in [5, 5.41) is 16.5. The predicted octanol–water partition coefficient (Wildman–Crippen LogP) is 12.7. The summed E-state index contributed by atoms with van der Waals surface area (Å²) in [5.41, 5.74) is 6.12. The molecule has 0 fully saturated rings. The first-order chi connectivity index (χ1) is 22.2. The van der Waals surface area contributed by atoms with Crippen molar-refractivity contribution in [1.29, 1.82) is 0 Å². The van der Waals surface area contributed by atoms with Crippen molar-refractivity contribution in [2.75, 3.05) is 0 Å². The molecule has 0 amide bonds. The number of ketones is 1. The fraction of sp³-hybridized carbons (Fsp3) is 0.415. The molecule has 0 atom stereocenters. The second-order valence-electron chi connectivity index (χ2n) is 14.3. The Morgan fingerprint density at radius 2 is 1.58 bits per heavy atom. The third kappa shape index (κ3) is 6.79. The first-order valence-electron chi connectivity index (χ1n) is 16.8. The monoisotopic (exact) mass is 843 g/mol. The zero-order valence-electron chi connectivity index (χ0n) is 29.9. The van der Waals surface area contributed by atoms with Crippen LogP contribution in [0.2, 0.25) is 0 Å². The zero-order chi connectivity index (χ0) is 34.3. The smallest absolute Gasteiger partial charge is 0.177 e. The van der Waals surface area contributed by atoms with E-state index in [4.69, 9.17) is 13.8 Å². The molecule has 6 rings (SSSR count). The van der Waals surface area contributed by atoms with E-state index < -0.39 is 0 Å². The van der Waals surface area contributed by atoms with Gasteiger partial charge in [-0.15, -0.1) is 23.6 Å². The van der Waals surface area contributed by atoms with Gasteiger partial charge >= 0.3 is 0 Å². The number of hydrogen-bond donors (Lipinski definition) is 1. The van der Waals surface area contributed by atoms with Crippen LogP contribution in [0.1, 0.15) is 99.1 Å². The summed E-state index contributed by atoms with van der Waals surface area (Å²) in [7, 11) is 0. The number of aryl methyl sites for hydroxylation is 1. The summed E-state index contributed by atoms with van der Waals surface area (Å²) in [6.07, 6.45) is 8.35. The zero-order valence-corrected chi connectivity index (χ0v) is 33.1. The quantitative estimate of drug-likeness (QED) is 0.0938. The summed E-state index contributed by atoms with van der Waals surface area (Å²) < 4.78 is 13.4. The molecule has 1 radical (unpaired) electrons. The average Bonchev–Trinajstić information content (AvgIpc) is 3.79. The molecule has 6 aromatic rings. The molecule has 0 unspecified atom stereocenters. The number of carbonyl (C=O) groups excluding carboxylic acids is 1. The number of rotatable bonds is 8. The molecule has 0 aliphatic carbocycles. The number of benzene rings is 2. The topological polar surface area (TPSA) is 76.5 Å². The van der Waals surface area contributed by atoms with Crippen LogP contribution in [-0.4, -0.2) is 15.9 Å². The number of thiophene rings is 1. The van der Waals surface area contributed by atoms with E-state index in [1.165, 1.54) is 16.3 Å². The Kier molecular flexibility index (Phi) is 11.2. The molecule has 0 saturated carbocycles. The Morgan fingerprint density at radius 3 is 2.21 bits per heavy atom. The molecule has 0 spiro atoms. The predicted molar refractivity (Wildman–Crippen MR) is 197 cm³/mol. The second kappa shape index (κ2) is 14.3. The van der Waals surface area contributed by atoms with E-state index in [2.05, 4.69) is 56.5 Å². The fourth-order valence-electron chi connectivity index (χ4n) is 5.98. The van der Waals surface area contributed by atoms with Gasteiger partial charge in [-0.2, -0.15) is 11.3 Å². The molecular formula is C41H48IrNO4S-. The van der Waals surface area contributed by atoms with E-state index in [-0.39, 0.29) is 47.9 Å². The van der Waals surface area contributed by atoms with Gasteiger partial charge in [0.25, 0.3) is 0 Å². The molecule has 2 aromatic carbocycles. The minimum absolute atomic E-state index is 0. The van der Waals surface area contributed by atoms with Gasteiger partial charge in [0.1, 0.15) is 11.3 Å². The van der Waals surface area contributed by atoms with Crippen LogP contribution < -0.4 is 0 Å². The Hall–Kier alpha value is -3.25. The standard InChI is InChI=1S/C26H20NO2S.C15H28O2.Ir/c1-14-13-28-23-17(14)5-6-18-21-20(29-24(18)23)7-9-27-22(21)16-11-15-8-10-30-25(15)19(12-16)26(2,3)4;1-7-14(5,8-2)12(16)11-13(17)15(6,9-3)10-4;/h5-10,12-13H,1-4H3;11,16H,7-10H2,1-6H3;/q-1;;/b;12-11-;. The Bertz CT molecular complexity index is 2100. The maximum atomic E-state index is 12.2. The van der Waals surface area contributed by atoms with Crippen LogP contribution in [0.3, 0.4) is 0 Å². The number of aliphatic hydroxyl groups excluding tert-OH is 1. The number of carbonyl (C=O) groups is 1. The minimum atomic E-state index is -0.337. The molecule has 4 aromatic heterocycles. The molecule has 0 aliphatic heterocycles. The summed E-state index contributed by atoms with van der Waals surface area (Å²) >= 11 is 1.77. The number of hydrogen-bond acceptors (Lipinski definition) is 6. The SMILES string of the molecule is CCC(C)(CC)C(=O)/C=C(\O)C(C)(CC)CC.Cc1coc2c1ccc1c2oc2ccnc(-c3[c-]c4ccsc4c(C(C)(C)C)c3)c21.[Ir]. The maximum absolute atomic E-state index is 12.2. The van der Waals surface area contributed by atoms with Gasteiger partial charge in [0.2, 0.25) is 0 Å². The van der Waals surface area contributed by atoms with Gasteiger partial charge in [-0.25, -0.2) is 0 Å². The third-order valence-corrected chi connectivity index (χ3v) is 11.4. The number of aliphatic hydroxyl groups is 1. The molecule has 7 heteroatoms. The van der Waals surface area contributed by atoms with Crippen molar-refractivity contribution in [1.82, 2.24) is 4.98 Å². The van der Waals surface area contributed by atoms with Crippen molar-refractivity contribution in [3.63, 3.8) is 0 Å². The van der Waals surface area contributed by atoms with Gasteiger partial charge < -0.3 is 13.9 Å². The van der Waals surface area contributed by atoms with Crippen LogP contribution in [0.15, 0.2) is 68.8 Å². The second-order valence-corrected chi connectivity index (χ2v) is 15.2. The molecule has 48 heavy (non-hydrogen) atoms. The molecule has 4 heterocycles. The molecule has 5 nitrogen and oxygen atoms in total. The van der Waals surface area contributed by atoms with Crippen LogP contribution in [0.5, 0.6) is 0 Å². The Balaban J connectivity index is 0.000000251. The van der Waals surface area contributed by atoms with Crippen molar-refractivity contribution in [2.24, 2.45) is 10.8 Å².